The molecule has 0 aromatic carbocycles. The molecule has 0 aliphatic carbocycles. The summed E-state index contributed by atoms with van der Waals surface area (Å²) in [7, 11) is 0. The lowest BCUT2D eigenvalue weighted by atomic mass is 10.0. The number of esters is 1. The van der Waals surface area contributed by atoms with Crippen LogP contribution in [0.5, 0.6) is 0 Å². The van der Waals surface area contributed by atoms with E-state index in [4.69, 9.17) is 9.47 Å². The topological polar surface area (TPSA) is 64.6 Å². The number of carbonyl (C=O) groups is 2. The molecule has 0 spiro atoms. The molecule has 0 aromatic rings. The van der Waals surface area contributed by atoms with Crippen LogP contribution in [0.3, 0.4) is 0 Å². The van der Waals surface area contributed by atoms with Crippen LogP contribution in [-0.2, 0) is 14.3 Å². The Balaban J connectivity index is 3.72. The van der Waals surface area contributed by atoms with Gasteiger partial charge in [-0.2, -0.15) is 0 Å². The summed E-state index contributed by atoms with van der Waals surface area (Å²) in [6, 6.07) is 0. The number of alkyl carbamates (subject to hydrolysis) is 1. The van der Waals surface area contributed by atoms with Crippen molar-refractivity contribution in [2.24, 2.45) is 5.92 Å². The fraction of sp³-hybridized carbons (Fsp3) is 0.692. The molecule has 0 fully saturated rings. The van der Waals surface area contributed by atoms with Gasteiger partial charge in [-0.3, -0.25) is 0 Å². The maximum atomic E-state index is 11.4. The van der Waals surface area contributed by atoms with Gasteiger partial charge in [0, 0.05) is 5.57 Å². The third-order valence-corrected chi connectivity index (χ3v) is 2.69. The Morgan fingerprint density at radius 1 is 1.33 bits per heavy atom. The second-order valence-electron chi connectivity index (χ2n) is 4.34. The summed E-state index contributed by atoms with van der Waals surface area (Å²) in [5, 5.41) is 2.52. The van der Waals surface area contributed by atoms with Crippen molar-refractivity contribution < 1.29 is 19.1 Å². The van der Waals surface area contributed by atoms with Crippen molar-refractivity contribution in [3.05, 3.63) is 12.2 Å². The highest BCUT2D eigenvalue weighted by molar-refractivity contribution is 5.86. The van der Waals surface area contributed by atoms with E-state index in [1.54, 1.807) is 6.92 Å². The van der Waals surface area contributed by atoms with Crippen molar-refractivity contribution in [2.75, 3.05) is 13.2 Å². The zero-order valence-corrected chi connectivity index (χ0v) is 11.6. The van der Waals surface area contributed by atoms with Crippen molar-refractivity contribution in [2.45, 2.75) is 40.2 Å². The van der Waals surface area contributed by atoms with Gasteiger partial charge in [-0.25, -0.2) is 9.59 Å². The third-order valence-electron chi connectivity index (χ3n) is 2.69. The molecular formula is C13H23NO4. The van der Waals surface area contributed by atoms with E-state index >= 15 is 0 Å². The molecule has 0 radical (unpaired) electrons. The second kappa shape index (κ2) is 8.55. The number of carbonyl (C=O) groups excluding carboxylic acids is 2. The molecule has 0 aliphatic heterocycles. The number of hydrogen-bond acceptors (Lipinski definition) is 4. The number of rotatable bonds is 7. The lowest BCUT2D eigenvalue weighted by Crippen LogP contribution is -2.33. The first-order valence-electron chi connectivity index (χ1n) is 6.15. The highest BCUT2D eigenvalue weighted by Gasteiger charge is 2.14. The molecule has 1 amide bonds. The van der Waals surface area contributed by atoms with E-state index in [0.29, 0.717) is 11.5 Å². The Hall–Kier alpha value is -1.52. The Morgan fingerprint density at radius 3 is 2.44 bits per heavy atom. The van der Waals surface area contributed by atoms with Crippen LogP contribution in [0.1, 0.15) is 34.1 Å². The average Bonchev–Trinajstić information content (AvgIpc) is 2.32. The molecule has 104 valence electrons. The molecule has 5 nitrogen and oxygen atoms in total. The molecule has 0 saturated carbocycles. The van der Waals surface area contributed by atoms with Crippen LogP contribution in [0.2, 0.25) is 0 Å². The molecule has 0 bridgehead atoms. The molecule has 0 aliphatic rings. The zero-order chi connectivity index (χ0) is 14.1. The van der Waals surface area contributed by atoms with E-state index < -0.39 is 12.1 Å². The van der Waals surface area contributed by atoms with Crippen LogP contribution in [0.15, 0.2) is 12.2 Å². The molecule has 0 rings (SSSR count). The van der Waals surface area contributed by atoms with Crippen molar-refractivity contribution in [1.29, 1.82) is 0 Å². The van der Waals surface area contributed by atoms with Gasteiger partial charge in [0.2, 0.25) is 0 Å². The number of amides is 1. The Kier molecular flexibility index (Phi) is 7.83. The monoisotopic (exact) mass is 257 g/mol. The van der Waals surface area contributed by atoms with Crippen LogP contribution in [0, 0.1) is 5.92 Å². The summed E-state index contributed by atoms with van der Waals surface area (Å²) in [5.74, 6) is -0.143. The smallest absolute Gasteiger partial charge is 0.407 e. The van der Waals surface area contributed by atoms with Gasteiger partial charge >= 0.3 is 12.1 Å². The number of hydrogen-bond donors (Lipinski definition) is 1. The molecule has 1 unspecified atom stereocenters. The van der Waals surface area contributed by atoms with Gasteiger partial charge in [0.05, 0.1) is 6.54 Å². The van der Waals surface area contributed by atoms with E-state index in [1.165, 1.54) is 0 Å². The van der Waals surface area contributed by atoms with Crippen LogP contribution in [0.25, 0.3) is 0 Å². The summed E-state index contributed by atoms with van der Waals surface area (Å²) < 4.78 is 9.97. The SMILES string of the molecule is C=C(C)C(=O)OCCNC(=O)O[C@@H](C)C(C)CC. The van der Waals surface area contributed by atoms with E-state index in [0.717, 1.165) is 6.42 Å². The van der Waals surface area contributed by atoms with Crippen LogP contribution in [0.4, 0.5) is 4.79 Å². The standard InChI is InChI=1S/C13H23NO4/c1-6-10(4)11(5)18-13(16)14-7-8-17-12(15)9(2)3/h10-11H,2,6-8H2,1,3-5H3,(H,14,16)/t10?,11-/m0/s1. The normalized spacial score (nSPS) is 13.3. The van der Waals surface area contributed by atoms with Crippen LogP contribution < -0.4 is 5.32 Å². The van der Waals surface area contributed by atoms with Gasteiger partial charge in [0.15, 0.2) is 0 Å². The highest BCUT2D eigenvalue weighted by atomic mass is 16.6. The van der Waals surface area contributed by atoms with Crippen molar-refractivity contribution in [1.82, 2.24) is 5.32 Å². The first kappa shape index (κ1) is 16.5. The lowest BCUT2D eigenvalue weighted by Gasteiger charge is -2.19. The molecule has 0 aromatic heterocycles. The van der Waals surface area contributed by atoms with Crippen LogP contribution in [-0.4, -0.2) is 31.3 Å². The molecule has 0 heterocycles. The lowest BCUT2D eigenvalue weighted by molar-refractivity contribution is -0.138. The first-order chi connectivity index (χ1) is 8.38. The Morgan fingerprint density at radius 2 is 1.94 bits per heavy atom. The van der Waals surface area contributed by atoms with Crippen molar-refractivity contribution >= 4 is 12.1 Å². The fourth-order valence-corrected chi connectivity index (χ4v) is 1.08. The van der Waals surface area contributed by atoms with Gasteiger partial charge in [0.1, 0.15) is 12.7 Å². The van der Waals surface area contributed by atoms with Gasteiger partial charge in [-0.1, -0.05) is 26.8 Å². The van der Waals surface area contributed by atoms with E-state index in [9.17, 15) is 9.59 Å². The van der Waals surface area contributed by atoms with E-state index in [2.05, 4.69) is 11.9 Å². The van der Waals surface area contributed by atoms with Gasteiger partial charge in [0.25, 0.3) is 0 Å². The quantitative estimate of drug-likeness (QED) is 0.431. The summed E-state index contributed by atoms with van der Waals surface area (Å²) in [4.78, 5) is 22.4. The summed E-state index contributed by atoms with van der Waals surface area (Å²) in [6.45, 7) is 11.3. The number of nitrogens with one attached hydrogen (secondary N) is 1. The van der Waals surface area contributed by atoms with Crippen molar-refractivity contribution in [3.63, 3.8) is 0 Å². The maximum absolute atomic E-state index is 11.4. The molecule has 2 atom stereocenters. The molecular weight excluding hydrogens is 234 g/mol. The fourth-order valence-electron chi connectivity index (χ4n) is 1.08. The third kappa shape index (κ3) is 6.93. The van der Waals surface area contributed by atoms with Crippen molar-refractivity contribution in [3.8, 4) is 0 Å². The van der Waals surface area contributed by atoms with Gasteiger partial charge in [-0.05, 0) is 19.8 Å². The maximum Gasteiger partial charge on any atom is 0.407 e. The molecule has 5 heteroatoms. The minimum absolute atomic E-state index is 0.110. The van der Waals surface area contributed by atoms with E-state index in [1.807, 2.05) is 20.8 Å². The largest absolute Gasteiger partial charge is 0.460 e. The minimum atomic E-state index is -0.492. The van der Waals surface area contributed by atoms with Gasteiger partial charge in [-0.15, -0.1) is 0 Å². The molecule has 18 heavy (non-hydrogen) atoms. The molecule has 1 N–H and O–H groups in total. The second-order valence-corrected chi connectivity index (χ2v) is 4.34. The Labute approximate surface area is 109 Å². The summed E-state index contributed by atoms with van der Waals surface area (Å²) in [5.41, 5.74) is 0.336. The van der Waals surface area contributed by atoms with E-state index in [-0.39, 0.29) is 19.3 Å². The van der Waals surface area contributed by atoms with Gasteiger partial charge < -0.3 is 14.8 Å². The highest BCUT2D eigenvalue weighted by Crippen LogP contribution is 2.10. The first-order valence-corrected chi connectivity index (χ1v) is 6.15. The summed E-state index contributed by atoms with van der Waals surface area (Å²) in [6.07, 6.45) is 0.326. The predicted molar refractivity (Wildman–Crippen MR) is 69.2 cm³/mol. The average molecular weight is 257 g/mol. The Bertz CT molecular complexity index is 301. The number of ether oxygens (including phenoxy) is 2. The zero-order valence-electron chi connectivity index (χ0n) is 11.6. The van der Waals surface area contributed by atoms with Crippen LogP contribution >= 0.6 is 0 Å². The predicted octanol–water partition coefficient (Wildman–Crippen LogP) is 2.27. The molecule has 0 saturated heterocycles. The summed E-state index contributed by atoms with van der Waals surface area (Å²) >= 11 is 0. The minimum Gasteiger partial charge on any atom is -0.460 e.